The van der Waals surface area contributed by atoms with Crippen molar-refractivity contribution in [3.05, 3.63) is 23.1 Å². The summed E-state index contributed by atoms with van der Waals surface area (Å²) in [7, 11) is 1.92. The molecule has 2 N–H and O–H groups in total. The van der Waals surface area contributed by atoms with E-state index >= 15 is 0 Å². The molecule has 9 heteroatoms. The quantitative estimate of drug-likeness (QED) is 0.798. The molecule has 1 aliphatic heterocycles. The van der Waals surface area contributed by atoms with Crippen molar-refractivity contribution in [3.8, 4) is 0 Å². The van der Waals surface area contributed by atoms with Gasteiger partial charge in [-0.05, 0) is 37.7 Å². The minimum absolute atomic E-state index is 0.00188. The van der Waals surface area contributed by atoms with E-state index in [4.69, 9.17) is 16.6 Å². The van der Waals surface area contributed by atoms with E-state index in [2.05, 4.69) is 20.7 Å². The van der Waals surface area contributed by atoms with Gasteiger partial charge in [-0.1, -0.05) is 25.4 Å². The highest BCUT2D eigenvalue weighted by atomic mass is 35.5. The molecular weight excluding hydrogens is 378 g/mol. The lowest BCUT2D eigenvalue weighted by Gasteiger charge is -2.38. The number of fused-ring (bicyclic) bond motifs is 1. The zero-order valence-electron chi connectivity index (χ0n) is 16.6. The number of amides is 1. The zero-order valence-corrected chi connectivity index (χ0v) is 17.4. The minimum atomic E-state index is -0.233. The summed E-state index contributed by atoms with van der Waals surface area (Å²) in [5.74, 6) is 2.15. The lowest BCUT2D eigenvalue weighted by molar-refractivity contribution is -0.118. The van der Waals surface area contributed by atoms with Gasteiger partial charge in [0.05, 0.1) is 5.69 Å². The molecule has 2 aromatic heterocycles. The summed E-state index contributed by atoms with van der Waals surface area (Å²) in [6.45, 7) is 6.86. The van der Waals surface area contributed by atoms with Crippen molar-refractivity contribution in [2.75, 3.05) is 22.6 Å². The van der Waals surface area contributed by atoms with Gasteiger partial charge in [-0.3, -0.25) is 9.48 Å². The third-order valence-electron chi connectivity index (χ3n) is 5.59. The van der Waals surface area contributed by atoms with Gasteiger partial charge >= 0.3 is 0 Å². The number of hydrogen-bond acceptors (Lipinski definition) is 6. The lowest BCUT2D eigenvalue weighted by Crippen LogP contribution is -2.50. The maximum atomic E-state index is 12.4. The van der Waals surface area contributed by atoms with Crippen LogP contribution in [-0.4, -0.2) is 44.8 Å². The number of nitrogens with zero attached hydrogens (tertiary/aromatic N) is 5. The average molecular weight is 404 g/mol. The monoisotopic (exact) mass is 403 g/mol. The van der Waals surface area contributed by atoms with Crippen LogP contribution in [0.2, 0.25) is 5.15 Å². The maximum absolute atomic E-state index is 12.4. The van der Waals surface area contributed by atoms with E-state index in [-0.39, 0.29) is 17.9 Å². The number of halogens is 1. The topological polar surface area (TPSA) is 88.0 Å². The smallest absolute Gasteiger partial charge is 0.247 e. The Labute approximate surface area is 169 Å². The van der Waals surface area contributed by atoms with Gasteiger partial charge in [0.2, 0.25) is 11.9 Å². The molecule has 2 aromatic rings. The van der Waals surface area contributed by atoms with Gasteiger partial charge in [0.1, 0.15) is 11.7 Å². The number of hydrogen-bond donors (Lipinski definition) is 2. The summed E-state index contributed by atoms with van der Waals surface area (Å²) in [6, 6.07) is 1.92. The van der Waals surface area contributed by atoms with Gasteiger partial charge in [0, 0.05) is 25.8 Å². The van der Waals surface area contributed by atoms with E-state index < -0.39 is 0 Å². The van der Waals surface area contributed by atoms with Crippen molar-refractivity contribution in [2.24, 2.45) is 11.8 Å². The Morgan fingerprint density at radius 1 is 1.36 bits per heavy atom. The number of carbonyl (C=O) groups excluding carboxylic acids is 1. The fraction of sp³-hybridized carbons (Fsp3) is 0.579. The Bertz CT molecular complexity index is 890. The van der Waals surface area contributed by atoms with Crippen LogP contribution >= 0.6 is 11.6 Å². The number of aryl methyl sites for hydroxylation is 1. The molecule has 1 amide bonds. The number of rotatable bonds is 5. The number of anilines is 3. The van der Waals surface area contributed by atoms with Gasteiger partial charge in [-0.15, -0.1) is 0 Å². The second-order valence-corrected chi connectivity index (χ2v) is 8.55. The molecule has 1 aliphatic carbocycles. The first-order valence-electron chi connectivity index (χ1n) is 9.69. The fourth-order valence-corrected chi connectivity index (χ4v) is 4.32. The Morgan fingerprint density at radius 2 is 2.11 bits per heavy atom. The van der Waals surface area contributed by atoms with Crippen molar-refractivity contribution >= 4 is 35.0 Å². The molecule has 1 fully saturated rings. The fourth-order valence-electron chi connectivity index (χ4n) is 4.17. The van der Waals surface area contributed by atoms with Crippen molar-refractivity contribution in [2.45, 2.75) is 52.2 Å². The van der Waals surface area contributed by atoms with E-state index in [1.54, 1.807) is 6.07 Å². The Kier molecular flexibility index (Phi) is 4.91. The van der Waals surface area contributed by atoms with Gasteiger partial charge in [-0.2, -0.15) is 10.1 Å². The number of aromatic nitrogens is 4. The molecule has 1 saturated carbocycles. The van der Waals surface area contributed by atoms with Crippen LogP contribution in [0.25, 0.3) is 0 Å². The van der Waals surface area contributed by atoms with Crippen LogP contribution in [0.4, 0.5) is 17.5 Å². The predicted octanol–water partition coefficient (Wildman–Crippen LogP) is 2.94. The Hall–Kier alpha value is -2.35. The summed E-state index contributed by atoms with van der Waals surface area (Å²) >= 11 is 5.87. The second kappa shape index (κ2) is 7.24. The Balaban J connectivity index is 1.43. The van der Waals surface area contributed by atoms with Crippen molar-refractivity contribution in [1.29, 1.82) is 0 Å². The van der Waals surface area contributed by atoms with Crippen molar-refractivity contribution < 1.29 is 4.79 Å². The summed E-state index contributed by atoms with van der Waals surface area (Å²) < 4.78 is 1.90. The van der Waals surface area contributed by atoms with Crippen LogP contribution in [0.5, 0.6) is 0 Å². The van der Waals surface area contributed by atoms with Crippen LogP contribution in [-0.2, 0) is 11.3 Å². The van der Waals surface area contributed by atoms with Gasteiger partial charge < -0.3 is 15.5 Å². The molecule has 3 heterocycles. The second-order valence-electron chi connectivity index (χ2n) is 8.16. The summed E-state index contributed by atoms with van der Waals surface area (Å²) in [5, 5.41) is 11.2. The van der Waals surface area contributed by atoms with Crippen LogP contribution in [0.15, 0.2) is 12.3 Å². The van der Waals surface area contributed by atoms with Gasteiger partial charge in [0.25, 0.3) is 0 Å². The lowest BCUT2D eigenvalue weighted by atomic mass is 9.80. The molecule has 1 atom stereocenters. The summed E-state index contributed by atoms with van der Waals surface area (Å²) in [5.41, 5.74) is 1.48. The molecule has 0 radical (unpaired) electrons. The Morgan fingerprint density at radius 3 is 2.75 bits per heavy atom. The van der Waals surface area contributed by atoms with Crippen LogP contribution < -0.4 is 15.5 Å². The summed E-state index contributed by atoms with van der Waals surface area (Å²) in [6.07, 6.45) is 3.99. The highest BCUT2D eigenvalue weighted by Crippen LogP contribution is 2.36. The largest absolute Gasteiger partial charge is 0.351 e. The molecule has 0 saturated heterocycles. The molecule has 4 rings (SSSR count). The molecule has 150 valence electrons. The van der Waals surface area contributed by atoms with Crippen molar-refractivity contribution in [1.82, 2.24) is 19.7 Å². The van der Waals surface area contributed by atoms with Crippen LogP contribution in [0.3, 0.4) is 0 Å². The third-order valence-corrected chi connectivity index (χ3v) is 5.79. The van der Waals surface area contributed by atoms with Crippen molar-refractivity contribution in [3.63, 3.8) is 0 Å². The van der Waals surface area contributed by atoms with E-state index in [0.717, 1.165) is 30.9 Å². The predicted molar refractivity (Wildman–Crippen MR) is 110 cm³/mol. The molecule has 0 spiro atoms. The average Bonchev–Trinajstić information content (AvgIpc) is 2.99. The minimum Gasteiger partial charge on any atom is -0.351 e. The van der Waals surface area contributed by atoms with Gasteiger partial charge in [-0.25, -0.2) is 4.98 Å². The first-order chi connectivity index (χ1) is 13.3. The van der Waals surface area contributed by atoms with Gasteiger partial charge in [0.15, 0.2) is 11.0 Å². The molecule has 0 bridgehead atoms. The standard InChI is InChI=1S/C19H26ClN7O/c1-10(2)16-18(28)23-15-11(3)21-19(24-17(15)26(16)4)22-13-7-12(8-13)9-27-6-5-14(20)25-27/h5-6,10,12-13,16H,7-9H2,1-4H3,(H,23,28)(H,21,22,24). The van der Waals surface area contributed by atoms with E-state index in [1.165, 1.54) is 0 Å². The van der Waals surface area contributed by atoms with E-state index in [0.29, 0.717) is 28.7 Å². The third kappa shape index (κ3) is 3.53. The zero-order chi connectivity index (χ0) is 20.0. The molecule has 8 nitrogen and oxygen atoms in total. The number of carbonyl (C=O) groups is 1. The van der Waals surface area contributed by atoms with E-state index in [9.17, 15) is 4.79 Å². The maximum Gasteiger partial charge on any atom is 0.247 e. The highest BCUT2D eigenvalue weighted by Gasteiger charge is 2.36. The normalized spacial score (nSPS) is 24.0. The first-order valence-corrected chi connectivity index (χ1v) is 10.1. The molecular formula is C19H26ClN7O. The molecule has 28 heavy (non-hydrogen) atoms. The van der Waals surface area contributed by atoms with E-state index in [1.807, 2.05) is 43.6 Å². The molecule has 2 aliphatic rings. The number of likely N-dealkylation sites (N-methyl/N-ethyl adjacent to an activating group) is 1. The highest BCUT2D eigenvalue weighted by molar-refractivity contribution is 6.29. The van der Waals surface area contributed by atoms with Crippen LogP contribution in [0, 0.1) is 18.8 Å². The summed E-state index contributed by atoms with van der Waals surface area (Å²) in [4.78, 5) is 23.7. The molecule has 0 aromatic carbocycles. The van der Waals surface area contributed by atoms with Crippen LogP contribution in [0.1, 0.15) is 32.4 Å². The first kappa shape index (κ1) is 19.0. The molecule has 1 unspecified atom stereocenters. The SMILES string of the molecule is Cc1nc(NC2CC(Cn3ccc(Cl)n3)C2)nc2c1NC(=O)C(C(C)C)N2C. The number of nitrogens with one attached hydrogen (secondary N) is 2.